The molecule has 0 aliphatic heterocycles. The molecule has 21 heavy (non-hydrogen) atoms. The van der Waals surface area contributed by atoms with Crippen LogP contribution in [0.15, 0.2) is 23.8 Å². The van der Waals surface area contributed by atoms with Gasteiger partial charge in [-0.15, -0.1) is 0 Å². The Labute approximate surface area is 128 Å². The highest BCUT2D eigenvalue weighted by Gasteiger charge is 2.43. The normalized spacial score (nSPS) is 33.4. The molecule has 0 heterocycles. The fourth-order valence-corrected chi connectivity index (χ4v) is 3.89. The Morgan fingerprint density at radius 3 is 2.90 bits per heavy atom. The van der Waals surface area contributed by atoms with Crippen molar-refractivity contribution in [3.05, 3.63) is 23.8 Å². The first kappa shape index (κ1) is 16.7. The van der Waals surface area contributed by atoms with Crippen molar-refractivity contribution in [1.82, 2.24) is 0 Å². The van der Waals surface area contributed by atoms with Gasteiger partial charge in [-0.1, -0.05) is 50.0 Å². The smallest absolute Gasteiger partial charge is 0.0721 e. The second-order valence-corrected chi connectivity index (χ2v) is 6.66. The maximum absolute atomic E-state index is 10.2. The fourth-order valence-electron chi connectivity index (χ4n) is 3.89. The summed E-state index contributed by atoms with van der Waals surface area (Å²) >= 11 is 0. The van der Waals surface area contributed by atoms with Gasteiger partial charge in [0.05, 0.1) is 12.2 Å². The van der Waals surface area contributed by atoms with Crippen molar-refractivity contribution in [3.8, 4) is 0 Å². The van der Waals surface area contributed by atoms with Gasteiger partial charge in [0.15, 0.2) is 0 Å². The molecular formula is C18H30O3. The summed E-state index contributed by atoms with van der Waals surface area (Å²) in [6.45, 7) is 2.37. The van der Waals surface area contributed by atoms with E-state index in [0.717, 1.165) is 38.5 Å². The van der Waals surface area contributed by atoms with Crippen LogP contribution in [-0.2, 0) is 0 Å². The van der Waals surface area contributed by atoms with Gasteiger partial charge >= 0.3 is 0 Å². The van der Waals surface area contributed by atoms with Gasteiger partial charge in [-0.2, -0.15) is 0 Å². The van der Waals surface area contributed by atoms with Gasteiger partial charge in [0.25, 0.3) is 0 Å². The lowest BCUT2D eigenvalue weighted by Gasteiger charge is -2.18. The Balaban J connectivity index is 1.86. The molecule has 0 unspecified atom stereocenters. The average Bonchev–Trinajstić information content (AvgIpc) is 2.94. The SMILES string of the molecule is CCCCC[C@H](O)/C=C/[C@@H]1[C@H]2CC(CCO)=C[C@H]2C[C@H]1O. The summed E-state index contributed by atoms with van der Waals surface area (Å²) in [6.07, 6.45) is 12.3. The van der Waals surface area contributed by atoms with Crippen LogP contribution in [0, 0.1) is 17.8 Å². The van der Waals surface area contributed by atoms with Gasteiger partial charge in [-0.05, 0) is 37.5 Å². The average molecular weight is 294 g/mol. The number of rotatable bonds is 8. The summed E-state index contributed by atoms with van der Waals surface area (Å²) in [4.78, 5) is 0. The highest BCUT2D eigenvalue weighted by Crippen LogP contribution is 2.47. The highest BCUT2D eigenvalue weighted by molar-refractivity contribution is 5.20. The lowest BCUT2D eigenvalue weighted by atomic mass is 9.88. The van der Waals surface area contributed by atoms with Crippen LogP contribution >= 0.6 is 0 Å². The van der Waals surface area contributed by atoms with Gasteiger partial charge in [-0.3, -0.25) is 0 Å². The van der Waals surface area contributed by atoms with Gasteiger partial charge in [-0.25, -0.2) is 0 Å². The minimum absolute atomic E-state index is 0.156. The molecule has 0 aromatic heterocycles. The Bertz CT molecular complexity index is 375. The molecule has 0 aromatic carbocycles. The molecular weight excluding hydrogens is 264 g/mol. The maximum Gasteiger partial charge on any atom is 0.0721 e. The summed E-state index contributed by atoms with van der Waals surface area (Å²) in [5.41, 5.74) is 1.33. The topological polar surface area (TPSA) is 60.7 Å². The van der Waals surface area contributed by atoms with E-state index in [4.69, 9.17) is 5.11 Å². The van der Waals surface area contributed by atoms with E-state index in [9.17, 15) is 10.2 Å². The van der Waals surface area contributed by atoms with E-state index in [0.29, 0.717) is 11.8 Å². The molecule has 0 spiro atoms. The Hall–Kier alpha value is -0.640. The van der Waals surface area contributed by atoms with E-state index in [1.165, 1.54) is 12.0 Å². The second kappa shape index (κ2) is 8.11. The molecule has 1 fully saturated rings. The van der Waals surface area contributed by atoms with Crippen molar-refractivity contribution in [2.24, 2.45) is 17.8 Å². The Kier molecular flexibility index (Phi) is 6.46. The molecule has 3 nitrogen and oxygen atoms in total. The van der Waals surface area contributed by atoms with Crippen molar-refractivity contribution < 1.29 is 15.3 Å². The monoisotopic (exact) mass is 294 g/mol. The number of aliphatic hydroxyl groups is 3. The van der Waals surface area contributed by atoms with Crippen molar-refractivity contribution in [1.29, 1.82) is 0 Å². The van der Waals surface area contributed by atoms with Crippen LogP contribution in [0.4, 0.5) is 0 Å². The van der Waals surface area contributed by atoms with Crippen LogP contribution in [0.2, 0.25) is 0 Å². The number of aliphatic hydroxyl groups excluding tert-OH is 3. The molecule has 0 radical (unpaired) electrons. The van der Waals surface area contributed by atoms with E-state index < -0.39 is 0 Å². The van der Waals surface area contributed by atoms with E-state index in [-0.39, 0.29) is 24.7 Å². The van der Waals surface area contributed by atoms with Crippen LogP contribution < -0.4 is 0 Å². The quantitative estimate of drug-likeness (QED) is 0.476. The van der Waals surface area contributed by atoms with Crippen molar-refractivity contribution in [2.75, 3.05) is 6.61 Å². The Morgan fingerprint density at radius 1 is 1.38 bits per heavy atom. The number of fused-ring (bicyclic) bond motifs is 1. The van der Waals surface area contributed by atoms with E-state index in [1.54, 1.807) is 0 Å². The largest absolute Gasteiger partial charge is 0.396 e. The van der Waals surface area contributed by atoms with Gasteiger partial charge in [0.2, 0.25) is 0 Å². The highest BCUT2D eigenvalue weighted by atomic mass is 16.3. The summed E-state index contributed by atoms with van der Waals surface area (Å²) in [5, 5.41) is 29.3. The fraction of sp³-hybridized carbons (Fsp3) is 0.778. The lowest BCUT2D eigenvalue weighted by molar-refractivity contribution is 0.139. The molecule has 5 atom stereocenters. The minimum Gasteiger partial charge on any atom is -0.396 e. The zero-order valence-electron chi connectivity index (χ0n) is 13.1. The van der Waals surface area contributed by atoms with Crippen molar-refractivity contribution in [2.45, 2.75) is 64.1 Å². The Morgan fingerprint density at radius 2 is 2.19 bits per heavy atom. The number of hydrogen-bond acceptors (Lipinski definition) is 3. The summed E-state index contributed by atoms with van der Waals surface area (Å²) in [6, 6.07) is 0. The first-order valence-corrected chi connectivity index (χ1v) is 8.50. The standard InChI is InChI=1S/C18H30O3/c1-2-3-4-5-15(20)6-7-16-17-11-13(8-9-19)10-14(17)12-18(16)21/h6-7,10,14-21H,2-5,8-9,11-12H2,1H3/b7-6+/t14-,15-,16+,17-,18+/m0/s1. The van der Waals surface area contributed by atoms with Crippen molar-refractivity contribution in [3.63, 3.8) is 0 Å². The van der Waals surface area contributed by atoms with E-state index in [1.807, 2.05) is 12.2 Å². The van der Waals surface area contributed by atoms with E-state index >= 15 is 0 Å². The first-order chi connectivity index (χ1) is 10.2. The molecule has 0 bridgehead atoms. The van der Waals surface area contributed by atoms with Crippen LogP contribution in [0.1, 0.15) is 51.9 Å². The molecule has 2 aliphatic carbocycles. The zero-order valence-corrected chi connectivity index (χ0v) is 13.1. The van der Waals surface area contributed by atoms with Crippen LogP contribution in [0.25, 0.3) is 0 Å². The van der Waals surface area contributed by atoms with Crippen LogP contribution in [0.3, 0.4) is 0 Å². The predicted octanol–water partition coefficient (Wildman–Crippen LogP) is 2.81. The van der Waals surface area contributed by atoms with Gasteiger partial charge < -0.3 is 15.3 Å². The number of unbranched alkanes of at least 4 members (excludes halogenated alkanes) is 2. The second-order valence-electron chi connectivity index (χ2n) is 6.66. The molecule has 3 N–H and O–H groups in total. The number of allylic oxidation sites excluding steroid dienone is 1. The molecule has 0 amide bonds. The predicted molar refractivity (Wildman–Crippen MR) is 84.8 cm³/mol. The van der Waals surface area contributed by atoms with Gasteiger partial charge in [0.1, 0.15) is 0 Å². The molecule has 2 rings (SSSR count). The molecule has 0 aromatic rings. The molecule has 0 saturated heterocycles. The lowest BCUT2D eigenvalue weighted by Crippen LogP contribution is -2.18. The maximum atomic E-state index is 10.2. The molecule has 2 aliphatic rings. The van der Waals surface area contributed by atoms with E-state index in [2.05, 4.69) is 13.0 Å². The summed E-state index contributed by atoms with van der Waals surface area (Å²) < 4.78 is 0. The summed E-state index contributed by atoms with van der Waals surface area (Å²) in [7, 11) is 0. The molecule has 3 heteroatoms. The molecule has 1 saturated carbocycles. The zero-order chi connectivity index (χ0) is 15.2. The summed E-state index contributed by atoms with van der Waals surface area (Å²) in [5.74, 6) is 1.07. The van der Waals surface area contributed by atoms with Crippen LogP contribution in [-0.4, -0.2) is 34.1 Å². The van der Waals surface area contributed by atoms with Crippen LogP contribution in [0.5, 0.6) is 0 Å². The molecule has 120 valence electrons. The minimum atomic E-state index is -0.380. The first-order valence-electron chi connectivity index (χ1n) is 8.50. The number of hydrogen-bond donors (Lipinski definition) is 3. The third-order valence-electron chi connectivity index (χ3n) is 5.04. The van der Waals surface area contributed by atoms with Gasteiger partial charge in [0, 0.05) is 12.5 Å². The third-order valence-corrected chi connectivity index (χ3v) is 5.04. The third kappa shape index (κ3) is 4.41. The van der Waals surface area contributed by atoms with Crippen molar-refractivity contribution >= 4 is 0 Å².